The van der Waals surface area contributed by atoms with Crippen molar-refractivity contribution in [2.45, 2.75) is 13.0 Å². The summed E-state index contributed by atoms with van der Waals surface area (Å²) in [4.78, 5) is 21.6. The van der Waals surface area contributed by atoms with Gasteiger partial charge in [0.25, 0.3) is 5.91 Å². The van der Waals surface area contributed by atoms with E-state index in [1.807, 2.05) is 72.8 Å². The Morgan fingerprint density at radius 3 is 2.24 bits per heavy atom. The van der Waals surface area contributed by atoms with Crippen LogP contribution in [0.1, 0.15) is 22.3 Å². The first-order valence-corrected chi connectivity index (χ1v) is 9.89. The molecule has 0 radical (unpaired) electrons. The van der Waals surface area contributed by atoms with Crippen LogP contribution < -0.4 is 10.2 Å². The predicted octanol–water partition coefficient (Wildman–Crippen LogP) is 4.29. The number of hydrogen-bond donors (Lipinski definition) is 1. The Morgan fingerprint density at radius 2 is 1.62 bits per heavy atom. The molecule has 29 heavy (non-hydrogen) atoms. The van der Waals surface area contributed by atoms with Crippen LogP contribution in [0.3, 0.4) is 0 Å². The molecule has 0 unspecified atom stereocenters. The lowest BCUT2D eigenvalue weighted by Crippen LogP contribution is -2.30. The summed E-state index contributed by atoms with van der Waals surface area (Å²) < 4.78 is 0. The SMILES string of the molecule is CN(C)CCCNc1ccc(C(=O)N(Cc2ccccc2)c2ccccc2)cn1. The molecule has 3 rings (SSSR count). The molecule has 0 fully saturated rings. The van der Waals surface area contributed by atoms with Crippen molar-refractivity contribution in [3.05, 3.63) is 90.1 Å². The lowest BCUT2D eigenvalue weighted by molar-refractivity contribution is 0.0985. The molecule has 1 heterocycles. The van der Waals surface area contributed by atoms with Gasteiger partial charge >= 0.3 is 0 Å². The molecule has 5 heteroatoms. The van der Waals surface area contributed by atoms with Crippen molar-refractivity contribution in [2.75, 3.05) is 37.4 Å². The van der Waals surface area contributed by atoms with Crippen LogP contribution in [0.15, 0.2) is 79.0 Å². The smallest absolute Gasteiger partial charge is 0.260 e. The van der Waals surface area contributed by atoms with E-state index in [0.29, 0.717) is 12.1 Å². The van der Waals surface area contributed by atoms with Gasteiger partial charge in [0, 0.05) is 18.4 Å². The second kappa shape index (κ2) is 10.4. The Morgan fingerprint density at radius 1 is 0.931 bits per heavy atom. The summed E-state index contributed by atoms with van der Waals surface area (Å²) in [6.07, 6.45) is 2.69. The van der Waals surface area contributed by atoms with E-state index >= 15 is 0 Å². The van der Waals surface area contributed by atoms with Crippen LogP contribution in [-0.2, 0) is 6.54 Å². The van der Waals surface area contributed by atoms with Gasteiger partial charge in [0.2, 0.25) is 0 Å². The second-order valence-electron chi connectivity index (χ2n) is 7.23. The van der Waals surface area contributed by atoms with Gasteiger partial charge in [0.1, 0.15) is 5.82 Å². The third kappa shape index (κ3) is 6.16. The first-order valence-electron chi connectivity index (χ1n) is 9.89. The fourth-order valence-corrected chi connectivity index (χ4v) is 3.05. The predicted molar refractivity (Wildman–Crippen MR) is 119 cm³/mol. The molecule has 5 nitrogen and oxygen atoms in total. The average molecular weight is 389 g/mol. The average Bonchev–Trinajstić information content (AvgIpc) is 2.76. The molecule has 1 aromatic heterocycles. The number of carbonyl (C=O) groups excluding carboxylic acids is 1. The Bertz CT molecular complexity index is 880. The topological polar surface area (TPSA) is 48.5 Å². The third-order valence-corrected chi connectivity index (χ3v) is 4.60. The minimum Gasteiger partial charge on any atom is -0.370 e. The largest absolute Gasteiger partial charge is 0.370 e. The number of nitrogens with one attached hydrogen (secondary N) is 1. The maximum atomic E-state index is 13.3. The summed E-state index contributed by atoms with van der Waals surface area (Å²) in [5.74, 6) is 0.723. The summed E-state index contributed by atoms with van der Waals surface area (Å²) in [5, 5.41) is 3.30. The van der Waals surface area contributed by atoms with Gasteiger partial charge in [-0.05, 0) is 56.9 Å². The van der Waals surface area contributed by atoms with Crippen molar-refractivity contribution in [1.29, 1.82) is 0 Å². The van der Waals surface area contributed by atoms with Crippen molar-refractivity contribution in [2.24, 2.45) is 0 Å². The molecule has 0 aliphatic carbocycles. The van der Waals surface area contributed by atoms with E-state index in [0.717, 1.165) is 36.6 Å². The standard InChI is InChI=1S/C24H28N4O/c1-27(2)17-9-16-25-23-15-14-21(18-26-23)24(29)28(22-12-7-4-8-13-22)19-20-10-5-3-6-11-20/h3-8,10-15,18H,9,16-17,19H2,1-2H3,(H,25,26). The van der Waals surface area contributed by atoms with E-state index in [4.69, 9.17) is 0 Å². The van der Waals surface area contributed by atoms with Gasteiger partial charge in [-0.2, -0.15) is 0 Å². The summed E-state index contributed by atoms with van der Waals surface area (Å²) in [7, 11) is 4.12. The van der Waals surface area contributed by atoms with Gasteiger partial charge in [-0.1, -0.05) is 48.5 Å². The van der Waals surface area contributed by atoms with Gasteiger partial charge in [-0.25, -0.2) is 4.98 Å². The number of aromatic nitrogens is 1. The molecule has 0 aliphatic heterocycles. The molecule has 1 amide bonds. The van der Waals surface area contributed by atoms with Gasteiger partial charge < -0.3 is 15.1 Å². The molecule has 1 N–H and O–H groups in total. The van der Waals surface area contributed by atoms with Gasteiger partial charge in [0.15, 0.2) is 0 Å². The first-order chi connectivity index (χ1) is 14.1. The molecule has 2 aromatic carbocycles. The molecule has 0 spiro atoms. The van der Waals surface area contributed by atoms with Gasteiger partial charge in [-0.3, -0.25) is 4.79 Å². The third-order valence-electron chi connectivity index (χ3n) is 4.60. The summed E-state index contributed by atoms with van der Waals surface area (Å²) >= 11 is 0. The number of hydrogen-bond acceptors (Lipinski definition) is 4. The number of rotatable bonds is 9. The highest BCUT2D eigenvalue weighted by molar-refractivity contribution is 6.05. The molecule has 0 saturated carbocycles. The minimum atomic E-state index is -0.0632. The number of nitrogens with zero attached hydrogens (tertiary/aromatic N) is 3. The van der Waals surface area contributed by atoms with E-state index in [9.17, 15) is 4.79 Å². The second-order valence-corrected chi connectivity index (χ2v) is 7.23. The number of benzene rings is 2. The van der Waals surface area contributed by atoms with Crippen molar-refractivity contribution >= 4 is 17.4 Å². The summed E-state index contributed by atoms with van der Waals surface area (Å²) in [6.45, 7) is 2.38. The summed E-state index contributed by atoms with van der Waals surface area (Å²) in [6, 6.07) is 23.5. The Hall–Kier alpha value is -3.18. The van der Waals surface area contributed by atoms with E-state index in [2.05, 4.69) is 29.3 Å². The van der Waals surface area contributed by atoms with Crippen molar-refractivity contribution in [3.63, 3.8) is 0 Å². The van der Waals surface area contributed by atoms with Crippen molar-refractivity contribution in [3.8, 4) is 0 Å². The normalized spacial score (nSPS) is 10.7. The number of amides is 1. The molecular weight excluding hydrogens is 360 g/mol. The van der Waals surface area contributed by atoms with E-state index in [1.165, 1.54) is 0 Å². The molecular formula is C24H28N4O. The van der Waals surface area contributed by atoms with Crippen LogP contribution in [0.4, 0.5) is 11.5 Å². The highest BCUT2D eigenvalue weighted by Crippen LogP contribution is 2.20. The quantitative estimate of drug-likeness (QED) is 0.556. The molecule has 0 bridgehead atoms. The number of carbonyl (C=O) groups is 1. The Kier molecular flexibility index (Phi) is 7.36. The Labute approximate surface area is 173 Å². The molecule has 150 valence electrons. The number of anilines is 2. The number of pyridine rings is 1. The van der Waals surface area contributed by atoms with Gasteiger partial charge in [0.05, 0.1) is 12.1 Å². The zero-order valence-corrected chi connectivity index (χ0v) is 17.1. The molecule has 0 atom stereocenters. The highest BCUT2D eigenvalue weighted by Gasteiger charge is 2.18. The zero-order chi connectivity index (χ0) is 20.5. The van der Waals surface area contributed by atoms with Crippen LogP contribution in [0.25, 0.3) is 0 Å². The van der Waals surface area contributed by atoms with Crippen LogP contribution in [-0.4, -0.2) is 43.0 Å². The Balaban J connectivity index is 1.72. The van der Waals surface area contributed by atoms with E-state index in [-0.39, 0.29) is 5.91 Å². The van der Waals surface area contributed by atoms with Crippen LogP contribution in [0, 0.1) is 0 Å². The lowest BCUT2D eigenvalue weighted by Gasteiger charge is -2.23. The van der Waals surface area contributed by atoms with Crippen molar-refractivity contribution in [1.82, 2.24) is 9.88 Å². The number of para-hydroxylation sites is 1. The maximum Gasteiger partial charge on any atom is 0.260 e. The van der Waals surface area contributed by atoms with Crippen LogP contribution >= 0.6 is 0 Å². The van der Waals surface area contributed by atoms with E-state index < -0.39 is 0 Å². The summed E-state index contributed by atoms with van der Waals surface area (Å²) in [5.41, 5.74) is 2.52. The maximum absolute atomic E-state index is 13.3. The van der Waals surface area contributed by atoms with Gasteiger partial charge in [-0.15, -0.1) is 0 Å². The molecule has 0 saturated heterocycles. The first kappa shape index (κ1) is 20.6. The molecule has 0 aliphatic rings. The fraction of sp³-hybridized carbons (Fsp3) is 0.250. The van der Waals surface area contributed by atoms with Crippen LogP contribution in [0.5, 0.6) is 0 Å². The zero-order valence-electron chi connectivity index (χ0n) is 17.1. The van der Waals surface area contributed by atoms with Crippen LogP contribution in [0.2, 0.25) is 0 Å². The van der Waals surface area contributed by atoms with Crippen molar-refractivity contribution < 1.29 is 4.79 Å². The minimum absolute atomic E-state index is 0.0632. The van der Waals surface area contributed by atoms with E-state index in [1.54, 1.807) is 11.1 Å². The fourth-order valence-electron chi connectivity index (χ4n) is 3.05. The monoisotopic (exact) mass is 388 g/mol. The molecule has 3 aromatic rings. The highest BCUT2D eigenvalue weighted by atomic mass is 16.2. The lowest BCUT2D eigenvalue weighted by atomic mass is 10.1.